The summed E-state index contributed by atoms with van der Waals surface area (Å²) in [5.74, 6) is -0.920. The van der Waals surface area contributed by atoms with Gasteiger partial charge in [-0.1, -0.05) is 15.9 Å². The van der Waals surface area contributed by atoms with E-state index in [2.05, 4.69) is 15.9 Å². The van der Waals surface area contributed by atoms with Crippen molar-refractivity contribution in [2.24, 2.45) is 0 Å². The van der Waals surface area contributed by atoms with E-state index >= 15 is 0 Å². The van der Waals surface area contributed by atoms with E-state index in [1.807, 2.05) is 15.9 Å². The Bertz CT molecular complexity index is 279. The first-order valence-corrected chi connectivity index (χ1v) is 4.83. The Labute approximate surface area is 88.9 Å². The second-order valence-electron chi connectivity index (χ2n) is 2.66. The van der Waals surface area contributed by atoms with Crippen LogP contribution in [0.25, 0.3) is 0 Å². The van der Waals surface area contributed by atoms with Gasteiger partial charge in [-0.15, -0.1) is 0 Å². The molecule has 1 rings (SSSR count). The highest BCUT2D eigenvalue weighted by atomic mass is 79.9. The van der Waals surface area contributed by atoms with Gasteiger partial charge in [0.25, 0.3) is 0 Å². The quantitative estimate of drug-likeness (QED) is 0.500. The normalized spacial score (nSPS) is 29.7. The molecule has 6 heteroatoms. The van der Waals surface area contributed by atoms with Crippen molar-refractivity contribution >= 4 is 31.9 Å². The molecule has 0 spiro atoms. The molecule has 0 saturated heterocycles. The first-order valence-electron chi connectivity index (χ1n) is 3.25. The van der Waals surface area contributed by atoms with Gasteiger partial charge in [-0.2, -0.15) is 8.78 Å². The summed E-state index contributed by atoms with van der Waals surface area (Å²) >= 11 is 4.63. The van der Waals surface area contributed by atoms with Crippen LogP contribution in [0.1, 0.15) is 6.42 Å². The average molecular weight is 324 g/mol. The van der Waals surface area contributed by atoms with Crippen molar-refractivity contribution in [2.75, 3.05) is 0 Å². The molecule has 0 aromatic heterocycles. The summed E-state index contributed by atoms with van der Waals surface area (Å²) in [6, 6.07) is 0. The van der Waals surface area contributed by atoms with Gasteiger partial charge in [0.05, 0.1) is 0 Å². The molecule has 1 aliphatic rings. The van der Waals surface area contributed by atoms with E-state index < -0.39 is 22.7 Å². The highest BCUT2D eigenvalue weighted by molar-refractivity contribution is 9.12. The molecule has 0 aliphatic heterocycles. The highest BCUT2D eigenvalue weighted by Gasteiger charge is 2.53. The molecule has 0 amide bonds. The first-order chi connectivity index (χ1) is 5.74. The number of hydrogen-bond donors (Lipinski definition) is 0. The SMILES string of the molecule is FC1=CC(Br)=CC(F)(C(F)(F)Br)C1. The minimum Gasteiger partial charge on any atom is -0.231 e. The van der Waals surface area contributed by atoms with Crippen LogP contribution in [0.4, 0.5) is 17.6 Å². The van der Waals surface area contributed by atoms with E-state index in [9.17, 15) is 17.6 Å². The van der Waals surface area contributed by atoms with Crippen molar-refractivity contribution in [1.29, 1.82) is 0 Å². The summed E-state index contributed by atoms with van der Waals surface area (Å²) in [6.45, 7) is 0. The van der Waals surface area contributed by atoms with Gasteiger partial charge in [0.15, 0.2) is 0 Å². The summed E-state index contributed by atoms with van der Waals surface area (Å²) in [5, 5.41) is 0. The van der Waals surface area contributed by atoms with Crippen molar-refractivity contribution in [2.45, 2.75) is 16.9 Å². The van der Waals surface area contributed by atoms with Gasteiger partial charge in [0.1, 0.15) is 5.83 Å². The lowest BCUT2D eigenvalue weighted by molar-refractivity contribution is -0.0305. The fourth-order valence-electron chi connectivity index (χ4n) is 0.940. The van der Waals surface area contributed by atoms with Crippen LogP contribution in [0, 0.1) is 0 Å². The molecule has 0 aromatic carbocycles. The molecule has 0 saturated carbocycles. The van der Waals surface area contributed by atoms with Crippen LogP contribution in [-0.2, 0) is 0 Å². The molecule has 0 bridgehead atoms. The second-order valence-corrected chi connectivity index (χ2v) is 4.57. The predicted octanol–water partition coefficient (Wildman–Crippen LogP) is 4.22. The van der Waals surface area contributed by atoms with E-state index in [0.29, 0.717) is 6.08 Å². The molecular formula is C7H4Br2F4. The number of rotatable bonds is 1. The van der Waals surface area contributed by atoms with Crippen LogP contribution >= 0.6 is 31.9 Å². The monoisotopic (exact) mass is 322 g/mol. The summed E-state index contributed by atoms with van der Waals surface area (Å²) in [4.78, 5) is -3.77. The van der Waals surface area contributed by atoms with Crippen LogP contribution in [-0.4, -0.2) is 10.5 Å². The van der Waals surface area contributed by atoms with E-state index in [4.69, 9.17) is 0 Å². The van der Waals surface area contributed by atoms with Crippen LogP contribution in [0.5, 0.6) is 0 Å². The van der Waals surface area contributed by atoms with Gasteiger partial charge in [-0.05, 0) is 28.1 Å². The zero-order valence-corrected chi connectivity index (χ0v) is 9.30. The van der Waals surface area contributed by atoms with Gasteiger partial charge in [0.2, 0.25) is 5.67 Å². The lowest BCUT2D eigenvalue weighted by Crippen LogP contribution is -2.38. The molecule has 0 heterocycles. The van der Waals surface area contributed by atoms with Crippen LogP contribution in [0.3, 0.4) is 0 Å². The van der Waals surface area contributed by atoms with Gasteiger partial charge in [-0.25, -0.2) is 8.78 Å². The van der Waals surface area contributed by atoms with Gasteiger partial charge >= 0.3 is 4.83 Å². The number of hydrogen-bond acceptors (Lipinski definition) is 0. The minimum absolute atomic E-state index is 0.0297. The molecule has 1 aliphatic carbocycles. The minimum atomic E-state index is -3.77. The number of alkyl halides is 4. The summed E-state index contributed by atoms with van der Waals surface area (Å²) in [6.07, 6.45) is 0.641. The lowest BCUT2D eigenvalue weighted by atomic mass is 9.97. The van der Waals surface area contributed by atoms with Crippen molar-refractivity contribution in [3.63, 3.8) is 0 Å². The molecule has 1 atom stereocenters. The maximum absolute atomic E-state index is 13.4. The molecular weight excluding hydrogens is 320 g/mol. The average Bonchev–Trinajstić information content (AvgIpc) is 1.79. The molecule has 0 fully saturated rings. The Morgan fingerprint density at radius 2 is 2.00 bits per heavy atom. The smallest absolute Gasteiger partial charge is 0.231 e. The summed E-state index contributed by atoms with van der Waals surface area (Å²) in [7, 11) is 0. The van der Waals surface area contributed by atoms with Crippen LogP contribution in [0.15, 0.2) is 22.5 Å². The second kappa shape index (κ2) is 3.38. The third-order valence-electron chi connectivity index (χ3n) is 1.56. The van der Waals surface area contributed by atoms with E-state index in [1.165, 1.54) is 0 Å². The van der Waals surface area contributed by atoms with E-state index in [1.54, 1.807) is 0 Å². The fraction of sp³-hybridized carbons (Fsp3) is 0.429. The zero-order valence-electron chi connectivity index (χ0n) is 6.13. The first kappa shape index (κ1) is 11.2. The zero-order chi connectivity index (χ0) is 10.3. The Kier molecular flexibility index (Phi) is 2.92. The summed E-state index contributed by atoms with van der Waals surface area (Å²) in [5.41, 5.74) is -3.01. The molecule has 1 unspecified atom stereocenters. The number of halogens is 6. The predicted molar refractivity (Wildman–Crippen MR) is 48.5 cm³/mol. The highest BCUT2D eigenvalue weighted by Crippen LogP contribution is 2.46. The molecule has 74 valence electrons. The Balaban J connectivity index is 3.04. The standard InChI is InChI=1S/C7H4Br2F4/c8-4-1-5(10)3-6(11,2-4)7(9,12)13/h1-2H,3H2. The van der Waals surface area contributed by atoms with Crippen LogP contribution < -0.4 is 0 Å². The molecule has 0 nitrogen and oxygen atoms in total. The van der Waals surface area contributed by atoms with Crippen molar-refractivity contribution in [1.82, 2.24) is 0 Å². The van der Waals surface area contributed by atoms with Gasteiger partial charge < -0.3 is 0 Å². The van der Waals surface area contributed by atoms with Crippen molar-refractivity contribution < 1.29 is 17.6 Å². The number of allylic oxidation sites excluding steroid dienone is 4. The van der Waals surface area contributed by atoms with Crippen LogP contribution in [0.2, 0.25) is 0 Å². The Hall–Kier alpha value is 0.160. The summed E-state index contributed by atoms with van der Waals surface area (Å²) < 4.78 is 51.3. The van der Waals surface area contributed by atoms with Gasteiger partial charge in [-0.3, -0.25) is 0 Å². The lowest BCUT2D eigenvalue weighted by Gasteiger charge is -2.28. The molecule has 13 heavy (non-hydrogen) atoms. The fourth-order valence-corrected chi connectivity index (χ4v) is 1.81. The third-order valence-corrected chi connectivity index (χ3v) is 2.68. The maximum atomic E-state index is 13.4. The Morgan fingerprint density at radius 3 is 2.38 bits per heavy atom. The Morgan fingerprint density at radius 1 is 1.46 bits per heavy atom. The van der Waals surface area contributed by atoms with E-state index in [-0.39, 0.29) is 4.48 Å². The largest absolute Gasteiger partial charge is 0.338 e. The topological polar surface area (TPSA) is 0 Å². The molecule has 0 N–H and O–H groups in total. The molecule has 0 radical (unpaired) electrons. The van der Waals surface area contributed by atoms with Crippen molar-refractivity contribution in [3.05, 3.63) is 22.5 Å². The van der Waals surface area contributed by atoms with E-state index in [0.717, 1.165) is 6.08 Å². The maximum Gasteiger partial charge on any atom is 0.338 e. The van der Waals surface area contributed by atoms with Gasteiger partial charge in [0, 0.05) is 10.9 Å². The van der Waals surface area contributed by atoms with Crippen molar-refractivity contribution in [3.8, 4) is 0 Å². The third kappa shape index (κ3) is 2.34. The molecule has 0 aromatic rings.